The lowest BCUT2D eigenvalue weighted by Gasteiger charge is -2.20. The number of rotatable bonds is 1. The minimum Gasteiger partial charge on any atom is -0.388 e. The van der Waals surface area contributed by atoms with Crippen molar-refractivity contribution in [2.24, 2.45) is 0 Å². The highest BCUT2D eigenvalue weighted by molar-refractivity contribution is 9.10. The highest BCUT2D eigenvalue weighted by Crippen LogP contribution is 2.33. The Bertz CT molecular complexity index is 669. The van der Waals surface area contributed by atoms with Crippen LogP contribution in [-0.2, 0) is 6.42 Å². The van der Waals surface area contributed by atoms with Crippen molar-refractivity contribution in [3.8, 4) is 11.8 Å². The van der Waals surface area contributed by atoms with Crippen molar-refractivity contribution in [1.82, 2.24) is 4.57 Å². The summed E-state index contributed by atoms with van der Waals surface area (Å²) in [5.74, 6) is 0. The van der Waals surface area contributed by atoms with Crippen LogP contribution < -0.4 is 0 Å². The van der Waals surface area contributed by atoms with Crippen molar-refractivity contribution in [2.45, 2.75) is 25.4 Å². The van der Waals surface area contributed by atoms with E-state index in [9.17, 15) is 10.4 Å². The summed E-state index contributed by atoms with van der Waals surface area (Å²) in [4.78, 5) is 0. The fourth-order valence-electron chi connectivity index (χ4n) is 2.70. The van der Waals surface area contributed by atoms with E-state index in [0.717, 1.165) is 40.7 Å². The van der Waals surface area contributed by atoms with Gasteiger partial charge in [0.1, 0.15) is 6.07 Å². The van der Waals surface area contributed by atoms with Crippen LogP contribution in [0.25, 0.3) is 5.69 Å². The molecular formula is C15H13BrN2O. The SMILES string of the molecule is N#Cc1cc(Br)ccc1-n1ccc2c1CCCC2O. The van der Waals surface area contributed by atoms with Gasteiger partial charge in [-0.3, -0.25) is 0 Å². The summed E-state index contributed by atoms with van der Waals surface area (Å²) in [7, 11) is 0. The molecule has 3 nitrogen and oxygen atoms in total. The quantitative estimate of drug-likeness (QED) is 0.875. The molecule has 4 heteroatoms. The second-order valence-electron chi connectivity index (χ2n) is 4.77. The number of fused-ring (bicyclic) bond motifs is 1. The standard InChI is InChI=1S/C15H13BrN2O/c16-11-4-5-13(10(8-11)9-17)18-7-6-12-14(18)2-1-3-15(12)19/h4-8,15,19H,1-3H2. The Morgan fingerprint density at radius 2 is 2.21 bits per heavy atom. The normalized spacial score (nSPS) is 17.8. The molecule has 0 amide bonds. The second kappa shape index (κ2) is 4.84. The van der Waals surface area contributed by atoms with Gasteiger partial charge in [0.05, 0.1) is 17.4 Å². The summed E-state index contributed by atoms with van der Waals surface area (Å²) in [6, 6.07) is 9.88. The van der Waals surface area contributed by atoms with Crippen molar-refractivity contribution in [1.29, 1.82) is 5.26 Å². The van der Waals surface area contributed by atoms with Gasteiger partial charge in [0.25, 0.3) is 0 Å². The molecule has 2 aromatic rings. The zero-order valence-electron chi connectivity index (χ0n) is 10.3. The molecule has 1 aromatic carbocycles. The van der Waals surface area contributed by atoms with E-state index in [1.54, 1.807) is 0 Å². The van der Waals surface area contributed by atoms with Crippen LogP contribution in [-0.4, -0.2) is 9.67 Å². The zero-order chi connectivity index (χ0) is 13.4. The predicted octanol–water partition coefficient (Wildman–Crippen LogP) is 3.48. The van der Waals surface area contributed by atoms with E-state index < -0.39 is 0 Å². The second-order valence-corrected chi connectivity index (χ2v) is 5.68. The molecule has 19 heavy (non-hydrogen) atoms. The number of aromatic nitrogens is 1. The third-order valence-electron chi connectivity index (χ3n) is 3.62. The van der Waals surface area contributed by atoms with E-state index in [1.807, 2.05) is 35.0 Å². The topological polar surface area (TPSA) is 49.0 Å². The molecule has 1 atom stereocenters. The van der Waals surface area contributed by atoms with Crippen LogP contribution in [0.4, 0.5) is 0 Å². The molecule has 96 valence electrons. The summed E-state index contributed by atoms with van der Waals surface area (Å²) in [5, 5.41) is 19.3. The number of nitrogens with zero attached hydrogens (tertiary/aromatic N) is 2. The number of aliphatic hydroxyl groups excluding tert-OH is 1. The van der Waals surface area contributed by atoms with E-state index in [0.29, 0.717) is 5.56 Å². The van der Waals surface area contributed by atoms with Crippen molar-refractivity contribution in [3.63, 3.8) is 0 Å². The maximum Gasteiger partial charge on any atom is 0.101 e. The van der Waals surface area contributed by atoms with Gasteiger partial charge >= 0.3 is 0 Å². The lowest BCUT2D eigenvalue weighted by molar-refractivity contribution is 0.156. The number of halogens is 1. The molecule has 0 aliphatic heterocycles. The summed E-state index contributed by atoms with van der Waals surface area (Å²) < 4.78 is 2.93. The Morgan fingerprint density at radius 3 is 3.00 bits per heavy atom. The van der Waals surface area contributed by atoms with Gasteiger partial charge in [-0.25, -0.2) is 0 Å². The summed E-state index contributed by atoms with van der Waals surface area (Å²) >= 11 is 3.38. The number of nitriles is 1. The van der Waals surface area contributed by atoms with E-state index in [1.165, 1.54) is 0 Å². The van der Waals surface area contributed by atoms with Gasteiger partial charge in [-0.05, 0) is 43.5 Å². The Kier molecular flexibility index (Phi) is 3.17. The van der Waals surface area contributed by atoms with Crippen LogP contribution in [0, 0.1) is 11.3 Å². The maximum atomic E-state index is 10.0. The van der Waals surface area contributed by atoms with Gasteiger partial charge in [-0.2, -0.15) is 5.26 Å². The number of benzene rings is 1. The van der Waals surface area contributed by atoms with Crippen LogP contribution in [0.15, 0.2) is 34.9 Å². The van der Waals surface area contributed by atoms with Crippen molar-refractivity contribution < 1.29 is 5.11 Å². The molecule has 0 saturated heterocycles. The first-order valence-electron chi connectivity index (χ1n) is 6.29. The Balaban J connectivity index is 2.16. The maximum absolute atomic E-state index is 10.0. The fourth-order valence-corrected chi connectivity index (χ4v) is 3.06. The molecule has 1 unspecified atom stereocenters. The molecule has 0 fully saturated rings. The van der Waals surface area contributed by atoms with Gasteiger partial charge in [-0.15, -0.1) is 0 Å². The zero-order valence-corrected chi connectivity index (χ0v) is 11.9. The average molecular weight is 317 g/mol. The average Bonchev–Trinajstić information content (AvgIpc) is 2.84. The van der Waals surface area contributed by atoms with Crippen LogP contribution in [0.2, 0.25) is 0 Å². The highest BCUT2D eigenvalue weighted by atomic mass is 79.9. The highest BCUT2D eigenvalue weighted by Gasteiger charge is 2.22. The Labute approximate surface area is 120 Å². The molecule has 1 heterocycles. The van der Waals surface area contributed by atoms with E-state index in [-0.39, 0.29) is 6.10 Å². The summed E-state index contributed by atoms with van der Waals surface area (Å²) in [6.07, 6.45) is 4.33. The minimum absolute atomic E-state index is 0.369. The Morgan fingerprint density at radius 1 is 1.37 bits per heavy atom. The number of aliphatic hydroxyl groups is 1. The lowest BCUT2D eigenvalue weighted by atomic mass is 9.95. The van der Waals surface area contributed by atoms with Gasteiger partial charge in [0.15, 0.2) is 0 Å². The van der Waals surface area contributed by atoms with Gasteiger partial charge in [0, 0.05) is 21.9 Å². The molecule has 0 saturated carbocycles. The summed E-state index contributed by atoms with van der Waals surface area (Å²) in [6.45, 7) is 0. The molecule has 0 bridgehead atoms. The third kappa shape index (κ3) is 2.09. The number of hydrogen-bond donors (Lipinski definition) is 1. The first-order valence-corrected chi connectivity index (χ1v) is 7.08. The van der Waals surface area contributed by atoms with Crippen LogP contribution >= 0.6 is 15.9 Å². The monoisotopic (exact) mass is 316 g/mol. The molecule has 1 aliphatic carbocycles. The molecular weight excluding hydrogens is 304 g/mol. The predicted molar refractivity (Wildman–Crippen MR) is 76.1 cm³/mol. The third-order valence-corrected chi connectivity index (χ3v) is 4.11. The van der Waals surface area contributed by atoms with Crippen LogP contribution in [0.1, 0.15) is 35.8 Å². The minimum atomic E-state index is -0.369. The van der Waals surface area contributed by atoms with E-state index >= 15 is 0 Å². The van der Waals surface area contributed by atoms with Crippen molar-refractivity contribution in [2.75, 3.05) is 0 Å². The van der Waals surface area contributed by atoms with Gasteiger partial charge in [0.2, 0.25) is 0 Å². The lowest BCUT2D eigenvalue weighted by Crippen LogP contribution is -2.11. The van der Waals surface area contributed by atoms with E-state index in [4.69, 9.17) is 0 Å². The van der Waals surface area contributed by atoms with Crippen molar-refractivity contribution in [3.05, 3.63) is 51.8 Å². The molecule has 1 N–H and O–H groups in total. The van der Waals surface area contributed by atoms with Crippen LogP contribution in [0.3, 0.4) is 0 Å². The molecule has 1 aliphatic rings. The molecule has 0 spiro atoms. The summed E-state index contributed by atoms with van der Waals surface area (Å²) in [5.41, 5.74) is 3.63. The molecule has 3 rings (SSSR count). The largest absolute Gasteiger partial charge is 0.388 e. The molecule has 1 aromatic heterocycles. The van der Waals surface area contributed by atoms with Gasteiger partial charge < -0.3 is 9.67 Å². The first kappa shape index (κ1) is 12.5. The molecule has 0 radical (unpaired) electrons. The van der Waals surface area contributed by atoms with Gasteiger partial charge in [-0.1, -0.05) is 15.9 Å². The first-order chi connectivity index (χ1) is 9.20. The smallest absolute Gasteiger partial charge is 0.101 e. The Hall–Kier alpha value is -1.57. The van der Waals surface area contributed by atoms with E-state index in [2.05, 4.69) is 22.0 Å². The number of hydrogen-bond acceptors (Lipinski definition) is 2. The van der Waals surface area contributed by atoms with Crippen molar-refractivity contribution >= 4 is 15.9 Å². The fraction of sp³-hybridized carbons (Fsp3) is 0.267. The van der Waals surface area contributed by atoms with Crippen LogP contribution in [0.5, 0.6) is 0 Å².